The fraction of sp³-hybridized carbons (Fsp3) is 0.111. The largest absolute Gasteiger partial charge is 1.00 e. The molecule has 74 valence electrons. The molecule has 0 radical (unpaired) electrons. The van der Waals surface area contributed by atoms with E-state index in [9.17, 15) is 0 Å². The van der Waals surface area contributed by atoms with E-state index >= 15 is 0 Å². The number of halogens is 4. The number of rotatable bonds is 0. The molecule has 0 heterocycles. The molecule has 0 fully saturated rings. The van der Waals surface area contributed by atoms with Gasteiger partial charge in [0.25, 0.3) is 0 Å². The van der Waals surface area contributed by atoms with Crippen molar-refractivity contribution in [2.24, 2.45) is 0 Å². The zero-order valence-corrected chi connectivity index (χ0v) is 15.8. The second-order valence-electron chi connectivity index (χ2n) is 2.59. The van der Waals surface area contributed by atoms with Crippen LogP contribution in [-0.4, -0.2) is 0 Å². The van der Waals surface area contributed by atoms with Gasteiger partial charge in [0.2, 0.25) is 0 Å². The third-order valence-electron chi connectivity index (χ3n) is 1.88. The molecule has 0 N–H and O–H groups in total. The second kappa shape index (κ2) is 7.94. The normalized spacial score (nSPS) is 16.8. The average molecular weight is 525 g/mol. The van der Waals surface area contributed by atoms with Gasteiger partial charge in [-0.3, -0.25) is 0 Å². The van der Waals surface area contributed by atoms with Gasteiger partial charge < -0.3 is 50.9 Å². The molecule has 1 aromatic carbocycles. The summed E-state index contributed by atoms with van der Waals surface area (Å²) in [4.78, 5) is 0. The Labute approximate surface area is 139 Å². The van der Waals surface area contributed by atoms with E-state index in [-0.39, 0.29) is 50.9 Å². The quantitative estimate of drug-likeness (QED) is 0.317. The van der Waals surface area contributed by atoms with Gasteiger partial charge in [-0.15, -0.1) is 0 Å². The van der Waals surface area contributed by atoms with Gasteiger partial charge in [-0.05, 0) is 0 Å². The van der Waals surface area contributed by atoms with E-state index in [0.717, 1.165) is 0 Å². The van der Waals surface area contributed by atoms with Crippen LogP contribution in [0.1, 0.15) is 14.8 Å². The average Bonchev–Trinajstić information content (AvgIpc) is 2.30. The van der Waals surface area contributed by atoms with Crippen LogP contribution in [-0.2, 0) is 24.7 Å². The first-order chi connectivity index (χ1) is 5.29. The predicted octanol–water partition coefficient (Wildman–Crippen LogP) is -5.96. The molecule has 2 rings (SSSR count). The van der Waals surface area contributed by atoms with Crippen molar-refractivity contribution >= 4 is 22.0 Å². The summed E-state index contributed by atoms with van der Waals surface area (Å²) in [6.45, 7) is 0. The van der Waals surface area contributed by atoms with Crippen LogP contribution in [0.15, 0.2) is 28.7 Å². The molecule has 1 aliphatic rings. The summed E-state index contributed by atoms with van der Waals surface area (Å²) in [5.41, 5.74) is 2.85. The smallest absolute Gasteiger partial charge is 1.00 e. The maximum atomic E-state index is 3.57. The summed E-state index contributed by atoms with van der Waals surface area (Å²) in [6.07, 6.45) is 2.22. The summed E-state index contributed by atoms with van der Waals surface area (Å²) in [5, 5.41) is 0. The van der Waals surface area contributed by atoms with Crippen LogP contribution in [0.2, 0.25) is 0 Å². The van der Waals surface area contributed by atoms with Gasteiger partial charge in [-0.2, -0.15) is 0 Å². The zero-order chi connectivity index (χ0) is 7.84. The molecule has 1 atom stereocenters. The summed E-state index contributed by atoms with van der Waals surface area (Å²) in [7, 11) is 0. The standard InChI is InChI=1S/C9H6Br.3BrH.Zr/c10-9-5-7-3-1-2-4-8(7)6-9;;;;/h1-6H;3*1H;/q;;;;+3/p-3. The van der Waals surface area contributed by atoms with Crippen LogP contribution in [0.3, 0.4) is 0 Å². The SMILES string of the molecule is BrC1=Cc2ccccc2[CH]1[Zr+3].[Br-].[Br-].[Br-]. The van der Waals surface area contributed by atoms with Crippen LogP contribution in [0.25, 0.3) is 6.08 Å². The monoisotopic (exact) mass is 520 g/mol. The van der Waals surface area contributed by atoms with Gasteiger partial charge in [0.05, 0.1) is 0 Å². The van der Waals surface area contributed by atoms with Gasteiger partial charge in [0, 0.05) is 0 Å². The molecule has 0 aromatic heterocycles. The molecular formula is C9H6Br4Zr. The van der Waals surface area contributed by atoms with E-state index in [1.54, 1.807) is 24.7 Å². The molecule has 5 heteroatoms. The predicted molar refractivity (Wildman–Crippen MR) is 46.1 cm³/mol. The first-order valence-electron chi connectivity index (χ1n) is 3.46. The summed E-state index contributed by atoms with van der Waals surface area (Å²) in [5.74, 6) is 0. The van der Waals surface area contributed by atoms with Gasteiger partial charge in [-0.25, -0.2) is 0 Å². The number of hydrogen-bond acceptors (Lipinski definition) is 0. The molecule has 1 aromatic rings. The number of hydrogen-bond donors (Lipinski definition) is 0. The molecule has 0 aliphatic heterocycles. The third-order valence-corrected chi connectivity index (χ3v) is 5.13. The fourth-order valence-corrected chi connectivity index (χ4v) is 2.63. The molecule has 0 saturated carbocycles. The van der Waals surface area contributed by atoms with Crippen molar-refractivity contribution in [3.05, 3.63) is 39.9 Å². The molecule has 1 aliphatic carbocycles. The Hall–Kier alpha value is 1.76. The van der Waals surface area contributed by atoms with E-state index in [1.165, 1.54) is 15.6 Å². The number of fused-ring (bicyclic) bond motifs is 1. The summed E-state index contributed by atoms with van der Waals surface area (Å²) < 4.78 is 1.97. The summed E-state index contributed by atoms with van der Waals surface area (Å²) in [6, 6.07) is 8.57. The fourth-order valence-electron chi connectivity index (χ4n) is 1.29. The Morgan fingerprint density at radius 3 is 2.21 bits per heavy atom. The Morgan fingerprint density at radius 2 is 1.64 bits per heavy atom. The third kappa shape index (κ3) is 3.66. The van der Waals surface area contributed by atoms with Gasteiger partial charge in [0.1, 0.15) is 0 Å². The zero-order valence-electron chi connectivity index (χ0n) is 6.98. The van der Waals surface area contributed by atoms with E-state index in [1.807, 2.05) is 0 Å². The van der Waals surface area contributed by atoms with Crippen molar-refractivity contribution in [1.82, 2.24) is 0 Å². The van der Waals surface area contributed by atoms with Crippen molar-refractivity contribution in [1.29, 1.82) is 0 Å². The van der Waals surface area contributed by atoms with E-state index < -0.39 is 0 Å². The van der Waals surface area contributed by atoms with Crippen LogP contribution in [0, 0.1) is 0 Å². The Bertz CT molecular complexity index is 324. The first kappa shape index (κ1) is 18.1. The molecule has 0 spiro atoms. The second-order valence-corrected chi connectivity index (χ2v) is 4.93. The van der Waals surface area contributed by atoms with Gasteiger partial charge in [-0.1, -0.05) is 0 Å². The Kier molecular flexibility index (Phi) is 10.3. The number of allylic oxidation sites excluding steroid dienone is 1. The van der Waals surface area contributed by atoms with Crippen LogP contribution in [0.4, 0.5) is 0 Å². The van der Waals surface area contributed by atoms with Crippen LogP contribution >= 0.6 is 15.9 Å². The van der Waals surface area contributed by atoms with Crippen molar-refractivity contribution in [3.8, 4) is 0 Å². The first-order valence-corrected chi connectivity index (χ1v) is 5.67. The van der Waals surface area contributed by atoms with Crippen molar-refractivity contribution < 1.29 is 75.7 Å². The molecule has 1 unspecified atom stereocenters. The van der Waals surface area contributed by atoms with Gasteiger partial charge >= 0.3 is 90.2 Å². The minimum Gasteiger partial charge on any atom is -1.00 e. The molecule has 0 saturated heterocycles. The van der Waals surface area contributed by atoms with E-state index in [2.05, 4.69) is 46.3 Å². The maximum Gasteiger partial charge on any atom is -1.00 e. The minimum atomic E-state index is 0. The van der Waals surface area contributed by atoms with Crippen LogP contribution in [0.5, 0.6) is 0 Å². The molecule has 0 amide bonds. The Morgan fingerprint density at radius 1 is 1.07 bits per heavy atom. The number of benzene rings is 1. The molecule has 0 bridgehead atoms. The van der Waals surface area contributed by atoms with Crippen molar-refractivity contribution in [3.63, 3.8) is 0 Å². The molecule has 0 nitrogen and oxygen atoms in total. The van der Waals surface area contributed by atoms with Crippen LogP contribution < -0.4 is 50.9 Å². The Balaban J connectivity index is 0. The van der Waals surface area contributed by atoms with Gasteiger partial charge in [0.15, 0.2) is 0 Å². The topological polar surface area (TPSA) is 0 Å². The summed E-state index contributed by atoms with van der Waals surface area (Å²) >= 11 is 5.12. The van der Waals surface area contributed by atoms with E-state index in [4.69, 9.17) is 0 Å². The molecular weight excluding hydrogens is 519 g/mol. The van der Waals surface area contributed by atoms with E-state index in [0.29, 0.717) is 3.63 Å². The minimum absolute atomic E-state index is 0. The maximum absolute atomic E-state index is 3.57. The van der Waals surface area contributed by atoms with Crippen molar-refractivity contribution in [2.45, 2.75) is 3.63 Å². The molecule has 14 heavy (non-hydrogen) atoms. The van der Waals surface area contributed by atoms with Crippen molar-refractivity contribution in [2.75, 3.05) is 0 Å².